The van der Waals surface area contributed by atoms with Crippen molar-refractivity contribution in [2.45, 2.75) is 26.8 Å². The maximum atomic E-state index is 10.9. The Morgan fingerprint density at radius 2 is 2.07 bits per heavy atom. The van der Waals surface area contributed by atoms with E-state index in [0.717, 1.165) is 5.69 Å². The van der Waals surface area contributed by atoms with Crippen molar-refractivity contribution in [3.8, 4) is 0 Å². The molecule has 1 aromatic rings. The van der Waals surface area contributed by atoms with Gasteiger partial charge in [0.2, 0.25) is 0 Å². The fourth-order valence-electron chi connectivity index (χ4n) is 1.15. The fraction of sp³-hybridized carbons (Fsp3) is 0.500. The van der Waals surface area contributed by atoms with Crippen LogP contribution in [0.4, 0.5) is 5.82 Å². The van der Waals surface area contributed by atoms with Crippen molar-refractivity contribution in [1.82, 2.24) is 10.2 Å². The fourth-order valence-corrected chi connectivity index (χ4v) is 1.15. The van der Waals surface area contributed by atoms with Gasteiger partial charge >= 0.3 is 5.97 Å². The first-order valence-electron chi connectivity index (χ1n) is 4.80. The largest absolute Gasteiger partial charge is 0.480 e. The maximum absolute atomic E-state index is 10.9. The summed E-state index contributed by atoms with van der Waals surface area (Å²) in [5.74, 6) is -0.403. The molecular formula is C10H15N3O2. The van der Waals surface area contributed by atoms with Crippen LogP contribution < -0.4 is 5.32 Å². The first-order valence-corrected chi connectivity index (χ1v) is 4.80. The molecule has 1 unspecified atom stereocenters. The summed E-state index contributed by atoms with van der Waals surface area (Å²) in [6.07, 6.45) is 0. The van der Waals surface area contributed by atoms with Gasteiger partial charge in [0.15, 0.2) is 0 Å². The van der Waals surface area contributed by atoms with E-state index in [2.05, 4.69) is 15.5 Å². The van der Waals surface area contributed by atoms with Crippen LogP contribution in [0.5, 0.6) is 0 Å². The highest BCUT2D eigenvalue weighted by molar-refractivity contribution is 5.77. The third-order valence-corrected chi connectivity index (χ3v) is 2.03. The van der Waals surface area contributed by atoms with Crippen molar-refractivity contribution in [3.63, 3.8) is 0 Å². The third-order valence-electron chi connectivity index (χ3n) is 2.03. The van der Waals surface area contributed by atoms with Gasteiger partial charge in [-0.2, -0.15) is 5.10 Å². The lowest BCUT2D eigenvalue weighted by Gasteiger charge is -2.17. The summed E-state index contributed by atoms with van der Waals surface area (Å²) >= 11 is 0. The van der Waals surface area contributed by atoms with Crippen LogP contribution in [-0.2, 0) is 4.79 Å². The number of rotatable bonds is 4. The Morgan fingerprint density at radius 1 is 1.40 bits per heavy atom. The molecule has 5 heteroatoms. The number of anilines is 1. The third kappa shape index (κ3) is 3.19. The van der Waals surface area contributed by atoms with Gasteiger partial charge in [0.1, 0.15) is 11.9 Å². The summed E-state index contributed by atoms with van der Waals surface area (Å²) in [6.45, 7) is 5.51. The molecule has 0 amide bonds. The lowest BCUT2D eigenvalue weighted by Crippen LogP contribution is -2.34. The van der Waals surface area contributed by atoms with E-state index in [1.54, 1.807) is 12.1 Å². The molecule has 0 aliphatic rings. The molecule has 0 aliphatic heterocycles. The van der Waals surface area contributed by atoms with Gasteiger partial charge in [-0.05, 0) is 25.0 Å². The van der Waals surface area contributed by atoms with E-state index >= 15 is 0 Å². The molecule has 0 spiro atoms. The Balaban J connectivity index is 2.74. The molecule has 5 nitrogen and oxygen atoms in total. The number of hydrogen-bond acceptors (Lipinski definition) is 4. The minimum Gasteiger partial charge on any atom is -0.480 e. The Kier molecular flexibility index (Phi) is 3.60. The molecular weight excluding hydrogens is 194 g/mol. The summed E-state index contributed by atoms with van der Waals surface area (Å²) in [7, 11) is 0. The molecule has 2 N–H and O–H groups in total. The second-order valence-electron chi connectivity index (χ2n) is 3.76. The van der Waals surface area contributed by atoms with E-state index in [1.807, 2.05) is 20.8 Å². The monoisotopic (exact) mass is 209 g/mol. The molecule has 1 heterocycles. The number of aromatic nitrogens is 2. The number of hydrogen-bond donors (Lipinski definition) is 2. The smallest absolute Gasteiger partial charge is 0.326 e. The summed E-state index contributed by atoms with van der Waals surface area (Å²) in [5, 5.41) is 19.5. The van der Waals surface area contributed by atoms with E-state index < -0.39 is 12.0 Å². The SMILES string of the molecule is Cc1ccc(NC(C(=O)O)C(C)C)nn1. The van der Waals surface area contributed by atoms with Gasteiger partial charge in [0.25, 0.3) is 0 Å². The standard InChI is InChI=1S/C10H15N3O2/c1-6(2)9(10(14)15)11-8-5-4-7(3)12-13-8/h4-6,9H,1-3H3,(H,11,13)(H,14,15). The number of aliphatic carboxylic acids is 1. The second-order valence-corrected chi connectivity index (χ2v) is 3.76. The van der Waals surface area contributed by atoms with Crippen LogP contribution in [0.15, 0.2) is 12.1 Å². The molecule has 0 radical (unpaired) electrons. The topological polar surface area (TPSA) is 75.1 Å². The highest BCUT2D eigenvalue weighted by Crippen LogP contribution is 2.09. The molecule has 0 saturated carbocycles. The predicted molar refractivity (Wildman–Crippen MR) is 56.7 cm³/mol. The zero-order valence-electron chi connectivity index (χ0n) is 9.06. The van der Waals surface area contributed by atoms with Gasteiger partial charge < -0.3 is 10.4 Å². The van der Waals surface area contributed by atoms with E-state index in [-0.39, 0.29) is 5.92 Å². The number of nitrogens with zero attached hydrogens (tertiary/aromatic N) is 2. The molecule has 1 aromatic heterocycles. The van der Waals surface area contributed by atoms with Gasteiger partial charge in [-0.15, -0.1) is 5.10 Å². The van der Waals surface area contributed by atoms with E-state index in [1.165, 1.54) is 0 Å². The Morgan fingerprint density at radius 3 is 2.47 bits per heavy atom. The van der Waals surface area contributed by atoms with E-state index in [0.29, 0.717) is 5.82 Å². The quantitative estimate of drug-likeness (QED) is 0.781. The molecule has 0 bridgehead atoms. The van der Waals surface area contributed by atoms with Crippen LogP contribution in [0, 0.1) is 12.8 Å². The second kappa shape index (κ2) is 4.72. The number of carboxylic acids is 1. The molecule has 0 aliphatic carbocycles. The molecule has 0 fully saturated rings. The van der Waals surface area contributed by atoms with Crippen molar-refractivity contribution < 1.29 is 9.90 Å². The zero-order chi connectivity index (χ0) is 11.4. The lowest BCUT2D eigenvalue weighted by atomic mass is 10.1. The van der Waals surface area contributed by atoms with Gasteiger partial charge in [-0.25, -0.2) is 4.79 Å². The van der Waals surface area contributed by atoms with E-state index in [4.69, 9.17) is 5.11 Å². The summed E-state index contributed by atoms with van der Waals surface area (Å²) < 4.78 is 0. The van der Waals surface area contributed by atoms with Crippen LogP contribution in [0.2, 0.25) is 0 Å². The van der Waals surface area contributed by atoms with Crippen molar-refractivity contribution in [1.29, 1.82) is 0 Å². The number of carbonyl (C=O) groups is 1. The number of aryl methyl sites for hydroxylation is 1. The Bertz CT molecular complexity index is 335. The average Bonchev–Trinajstić information content (AvgIpc) is 2.15. The lowest BCUT2D eigenvalue weighted by molar-refractivity contribution is -0.138. The average molecular weight is 209 g/mol. The number of carboxylic acid groups (broad SMARTS) is 1. The van der Waals surface area contributed by atoms with Crippen molar-refractivity contribution in [2.24, 2.45) is 5.92 Å². The number of nitrogens with one attached hydrogen (secondary N) is 1. The van der Waals surface area contributed by atoms with Crippen LogP contribution in [0.1, 0.15) is 19.5 Å². The van der Waals surface area contributed by atoms with Crippen LogP contribution in [-0.4, -0.2) is 27.3 Å². The Hall–Kier alpha value is -1.65. The van der Waals surface area contributed by atoms with E-state index in [9.17, 15) is 4.79 Å². The van der Waals surface area contributed by atoms with Crippen LogP contribution in [0.3, 0.4) is 0 Å². The predicted octanol–water partition coefficient (Wildman–Crippen LogP) is 1.31. The van der Waals surface area contributed by atoms with Crippen LogP contribution >= 0.6 is 0 Å². The zero-order valence-corrected chi connectivity index (χ0v) is 9.06. The normalized spacial score (nSPS) is 12.5. The first-order chi connectivity index (χ1) is 7.00. The molecule has 82 valence electrons. The van der Waals surface area contributed by atoms with Crippen LogP contribution in [0.25, 0.3) is 0 Å². The highest BCUT2D eigenvalue weighted by atomic mass is 16.4. The summed E-state index contributed by atoms with van der Waals surface area (Å²) in [6, 6.07) is 2.87. The highest BCUT2D eigenvalue weighted by Gasteiger charge is 2.21. The molecule has 0 saturated heterocycles. The molecule has 1 atom stereocenters. The minimum atomic E-state index is -0.882. The minimum absolute atomic E-state index is 0.00870. The summed E-state index contributed by atoms with van der Waals surface area (Å²) in [4.78, 5) is 10.9. The van der Waals surface area contributed by atoms with Gasteiger partial charge in [-0.1, -0.05) is 13.8 Å². The molecule has 15 heavy (non-hydrogen) atoms. The summed E-state index contributed by atoms with van der Waals surface area (Å²) in [5.41, 5.74) is 0.803. The molecule has 1 rings (SSSR count). The van der Waals surface area contributed by atoms with Crippen molar-refractivity contribution in [3.05, 3.63) is 17.8 Å². The van der Waals surface area contributed by atoms with Crippen molar-refractivity contribution >= 4 is 11.8 Å². The molecule has 0 aromatic carbocycles. The van der Waals surface area contributed by atoms with Crippen molar-refractivity contribution in [2.75, 3.05) is 5.32 Å². The first kappa shape index (κ1) is 11.4. The maximum Gasteiger partial charge on any atom is 0.326 e. The Labute approximate surface area is 88.5 Å². The van der Waals surface area contributed by atoms with Gasteiger partial charge in [0, 0.05) is 0 Å². The van der Waals surface area contributed by atoms with Gasteiger partial charge in [0.05, 0.1) is 5.69 Å². The van der Waals surface area contributed by atoms with Gasteiger partial charge in [-0.3, -0.25) is 0 Å².